The van der Waals surface area contributed by atoms with E-state index < -0.39 is 0 Å². The third-order valence-electron chi connectivity index (χ3n) is 2.84. The van der Waals surface area contributed by atoms with Crippen molar-refractivity contribution in [1.82, 2.24) is 5.32 Å². The zero-order chi connectivity index (χ0) is 11.2. The molecule has 84 valence electrons. The van der Waals surface area contributed by atoms with Gasteiger partial charge < -0.3 is 10.1 Å². The van der Waals surface area contributed by atoms with Crippen molar-refractivity contribution in [3.05, 3.63) is 35.4 Å². The number of nitrogens with one attached hydrogen (secondary N) is 1. The van der Waals surface area contributed by atoms with E-state index in [1.54, 1.807) is 0 Å². The van der Waals surface area contributed by atoms with Crippen LogP contribution in [0.3, 0.4) is 0 Å². The molecule has 1 aliphatic rings. The molecule has 0 bridgehead atoms. The Morgan fingerprint density at radius 3 is 2.81 bits per heavy atom. The summed E-state index contributed by atoms with van der Waals surface area (Å²) in [4.78, 5) is 0. The van der Waals surface area contributed by atoms with E-state index in [0.29, 0.717) is 11.6 Å². The van der Waals surface area contributed by atoms with Crippen LogP contribution >= 0.6 is 0 Å². The fourth-order valence-corrected chi connectivity index (χ4v) is 1.86. The van der Waals surface area contributed by atoms with E-state index in [9.17, 15) is 0 Å². The molecule has 2 rings (SSSR count). The Labute approximate surface area is 96.0 Å². The van der Waals surface area contributed by atoms with Gasteiger partial charge in [-0.1, -0.05) is 12.1 Å². The summed E-state index contributed by atoms with van der Waals surface area (Å²) < 4.78 is 5.40. The molecule has 1 unspecified atom stereocenters. The molecule has 0 aromatic heterocycles. The molecular formula is C13H16N2O. The third-order valence-corrected chi connectivity index (χ3v) is 2.84. The molecule has 1 aliphatic heterocycles. The molecule has 0 radical (unpaired) electrons. The number of nitriles is 1. The Morgan fingerprint density at radius 2 is 2.19 bits per heavy atom. The van der Waals surface area contributed by atoms with Crippen LogP contribution in [0, 0.1) is 11.3 Å². The van der Waals surface area contributed by atoms with E-state index in [4.69, 9.17) is 10.00 Å². The lowest BCUT2D eigenvalue weighted by Gasteiger charge is -2.23. The minimum absolute atomic E-state index is 0.476. The van der Waals surface area contributed by atoms with Gasteiger partial charge in [0.05, 0.1) is 18.2 Å². The average Bonchev–Trinajstić information content (AvgIpc) is 2.38. The molecule has 16 heavy (non-hydrogen) atoms. The van der Waals surface area contributed by atoms with Crippen LogP contribution in [0.5, 0.6) is 0 Å². The van der Waals surface area contributed by atoms with Crippen molar-refractivity contribution in [3.63, 3.8) is 0 Å². The predicted octanol–water partition coefficient (Wildman–Crippen LogP) is 1.83. The molecule has 1 heterocycles. The number of benzene rings is 1. The molecule has 1 saturated heterocycles. The smallest absolute Gasteiger partial charge is 0.0991 e. The Bertz CT molecular complexity index is 361. The summed E-state index contributed by atoms with van der Waals surface area (Å²) >= 11 is 0. The van der Waals surface area contributed by atoms with Crippen LogP contribution in [-0.2, 0) is 11.3 Å². The Balaban J connectivity index is 1.82. The van der Waals surface area contributed by atoms with Crippen LogP contribution in [0.2, 0.25) is 0 Å². The molecule has 1 N–H and O–H groups in total. The molecule has 0 amide bonds. The molecule has 1 atom stereocenters. The minimum atomic E-state index is 0.476. The topological polar surface area (TPSA) is 45.0 Å². The van der Waals surface area contributed by atoms with E-state index in [-0.39, 0.29) is 0 Å². The number of ether oxygens (including phenoxy) is 1. The van der Waals surface area contributed by atoms with Crippen molar-refractivity contribution in [2.75, 3.05) is 13.2 Å². The number of nitrogens with zero attached hydrogens (tertiary/aromatic N) is 1. The second-order valence-corrected chi connectivity index (χ2v) is 4.10. The standard InChI is InChI=1S/C13H16N2O/c14-8-11-3-5-12(6-4-11)9-15-13-2-1-7-16-10-13/h3-6,13,15H,1-2,7,9-10H2. The molecule has 1 fully saturated rings. The summed E-state index contributed by atoms with van der Waals surface area (Å²) in [7, 11) is 0. The number of hydrogen-bond donors (Lipinski definition) is 1. The molecule has 1 aromatic rings. The Kier molecular flexibility index (Phi) is 3.92. The quantitative estimate of drug-likeness (QED) is 0.838. The fraction of sp³-hybridized carbons (Fsp3) is 0.462. The maximum atomic E-state index is 8.68. The van der Waals surface area contributed by atoms with Crippen molar-refractivity contribution >= 4 is 0 Å². The zero-order valence-electron chi connectivity index (χ0n) is 9.28. The predicted molar refractivity (Wildman–Crippen MR) is 61.8 cm³/mol. The van der Waals surface area contributed by atoms with E-state index in [0.717, 1.165) is 26.2 Å². The van der Waals surface area contributed by atoms with Gasteiger partial charge in [-0.15, -0.1) is 0 Å². The van der Waals surface area contributed by atoms with Gasteiger partial charge in [-0.25, -0.2) is 0 Å². The number of hydrogen-bond acceptors (Lipinski definition) is 3. The average molecular weight is 216 g/mol. The second-order valence-electron chi connectivity index (χ2n) is 4.10. The van der Waals surface area contributed by atoms with Gasteiger partial charge in [-0.05, 0) is 30.5 Å². The van der Waals surface area contributed by atoms with Crippen LogP contribution in [-0.4, -0.2) is 19.3 Å². The van der Waals surface area contributed by atoms with Gasteiger partial charge in [-0.2, -0.15) is 5.26 Å². The summed E-state index contributed by atoms with van der Waals surface area (Å²) in [6, 6.07) is 10.3. The second kappa shape index (κ2) is 5.64. The molecular weight excluding hydrogens is 200 g/mol. The fourth-order valence-electron chi connectivity index (χ4n) is 1.86. The summed E-state index contributed by atoms with van der Waals surface area (Å²) in [5, 5.41) is 12.1. The van der Waals surface area contributed by atoms with Gasteiger partial charge in [0, 0.05) is 19.2 Å². The molecule has 0 saturated carbocycles. The first-order valence-electron chi connectivity index (χ1n) is 5.68. The number of rotatable bonds is 3. The monoisotopic (exact) mass is 216 g/mol. The van der Waals surface area contributed by atoms with Gasteiger partial charge in [0.25, 0.3) is 0 Å². The van der Waals surface area contributed by atoms with E-state index >= 15 is 0 Å². The molecule has 1 aromatic carbocycles. The largest absolute Gasteiger partial charge is 0.380 e. The summed E-state index contributed by atoms with van der Waals surface area (Å²) in [5.74, 6) is 0. The molecule has 3 nitrogen and oxygen atoms in total. The van der Waals surface area contributed by atoms with Crippen molar-refractivity contribution in [2.24, 2.45) is 0 Å². The van der Waals surface area contributed by atoms with Gasteiger partial charge in [0.1, 0.15) is 0 Å². The molecule has 0 aliphatic carbocycles. The summed E-state index contributed by atoms with van der Waals surface area (Å²) in [6.45, 7) is 2.56. The van der Waals surface area contributed by atoms with Crippen LogP contribution in [0.4, 0.5) is 0 Å². The molecule has 0 spiro atoms. The summed E-state index contributed by atoms with van der Waals surface area (Å²) in [6.07, 6.45) is 2.33. The first-order valence-corrected chi connectivity index (χ1v) is 5.68. The highest BCUT2D eigenvalue weighted by Crippen LogP contribution is 2.08. The minimum Gasteiger partial charge on any atom is -0.380 e. The van der Waals surface area contributed by atoms with Crippen LogP contribution in [0.1, 0.15) is 24.0 Å². The van der Waals surface area contributed by atoms with E-state index in [1.807, 2.05) is 24.3 Å². The van der Waals surface area contributed by atoms with Crippen LogP contribution in [0.15, 0.2) is 24.3 Å². The Hall–Kier alpha value is -1.37. The summed E-state index contributed by atoms with van der Waals surface area (Å²) in [5.41, 5.74) is 1.93. The van der Waals surface area contributed by atoms with Gasteiger partial charge in [0.15, 0.2) is 0 Å². The lowest BCUT2D eigenvalue weighted by Crippen LogP contribution is -2.36. The van der Waals surface area contributed by atoms with Crippen molar-refractivity contribution in [2.45, 2.75) is 25.4 Å². The highest BCUT2D eigenvalue weighted by molar-refractivity contribution is 5.31. The van der Waals surface area contributed by atoms with Gasteiger partial charge >= 0.3 is 0 Å². The molecule has 3 heteroatoms. The maximum Gasteiger partial charge on any atom is 0.0991 e. The lowest BCUT2D eigenvalue weighted by molar-refractivity contribution is 0.0699. The van der Waals surface area contributed by atoms with Crippen molar-refractivity contribution in [1.29, 1.82) is 5.26 Å². The normalized spacial score (nSPS) is 20.3. The Morgan fingerprint density at radius 1 is 1.38 bits per heavy atom. The highest BCUT2D eigenvalue weighted by atomic mass is 16.5. The van der Waals surface area contributed by atoms with E-state index in [2.05, 4.69) is 11.4 Å². The van der Waals surface area contributed by atoms with Crippen LogP contribution < -0.4 is 5.32 Å². The van der Waals surface area contributed by atoms with Crippen molar-refractivity contribution in [3.8, 4) is 6.07 Å². The first-order chi connectivity index (χ1) is 7.88. The highest BCUT2D eigenvalue weighted by Gasteiger charge is 2.12. The van der Waals surface area contributed by atoms with Crippen LogP contribution in [0.25, 0.3) is 0 Å². The SMILES string of the molecule is N#Cc1ccc(CNC2CCCOC2)cc1. The zero-order valence-corrected chi connectivity index (χ0v) is 9.28. The maximum absolute atomic E-state index is 8.68. The van der Waals surface area contributed by atoms with E-state index in [1.165, 1.54) is 12.0 Å². The van der Waals surface area contributed by atoms with Gasteiger partial charge in [-0.3, -0.25) is 0 Å². The third kappa shape index (κ3) is 3.06. The lowest BCUT2D eigenvalue weighted by atomic mass is 10.1. The van der Waals surface area contributed by atoms with Crippen molar-refractivity contribution < 1.29 is 4.74 Å². The first kappa shape index (κ1) is 11.1. The van der Waals surface area contributed by atoms with Gasteiger partial charge in [0.2, 0.25) is 0 Å².